The maximum Gasteiger partial charge on any atom is 0.145 e. The highest BCUT2D eigenvalue weighted by molar-refractivity contribution is 7.25. The van der Waals surface area contributed by atoms with Crippen LogP contribution >= 0.6 is 11.3 Å². The van der Waals surface area contributed by atoms with Crippen molar-refractivity contribution < 1.29 is 9.15 Å². The average molecular weight is 939 g/mol. The molecule has 2 aliphatic rings. The van der Waals surface area contributed by atoms with Gasteiger partial charge in [-0.2, -0.15) is 0 Å². The van der Waals surface area contributed by atoms with Gasteiger partial charge >= 0.3 is 0 Å². The molecule has 0 radical (unpaired) electrons. The number of para-hydroxylation sites is 4. The number of rotatable bonds is 7. The van der Waals surface area contributed by atoms with Crippen molar-refractivity contribution >= 4 is 87.6 Å². The van der Waals surface area contributed by atoms with Crippen LogP contribution in [0.3, 0.4) is 0 Å². The van der Waals surface area contributed by atoms with Crippen molar-refractivity contribution in [2.24, 2.45) is 0 Å². The second-order valence-electron chi connectivity index (χ2n) is 18.7. The normalized spacial score (nSPS) is 12.9. The smallest absolute Gasteiger partial charge is 0.145 e. The lowest BCUT2D eigenvalue weighted by Gasteiger charge is -2.40. The zero-order chi connectivity index (χ0) is 47.3. The third-order valence-corrected chi connectivity index (χ3v) is 16.0. The fourth-order valence-corrected chi connectivity index (χ4v) is 13.0. The van der Waals surface area contributed by atoms with Crippen molar-refractivity contribution in [1.82, 2.24) is 0 Å². The molecule has 2 aromatic heterocycles. The number of nitrogens with zero attached hydrogens (tertiary/aromatic N) is 2. The van der Waals surface area contributed by atoms with Gasteiger partial charge in [0.2, 0.25) is 0 Å². The largest absolute Gasteiger partial charge is 0.457 e. The number of anilines is 6. The van der Waals surface area contributed by atoms with E-state index in [0.29, 0.717) is 0 Å². The predicted molar refractivity (Wildman–Crippen MR) is 299 cm³/mol. The average Bonchev–Trinajstić information content (AvgIpc) is 4.11. The minimum absolute atomic E-state index is 0.719. The van der Waals surface area contributed by atoms with Gasteiger partial charge in [-0.1, -0.05) is 152 Å². The van der Waals surface area contributed by atoms with E-state index in [0.717, 1.165) is 89.8 Å². The van der Waals surface area contributed by atoms with E-state index < -0.39 is 5.41 Å². The summed E-state index contributed by atoms with van der Waals surface area (Å²) in [4.78, 5) is 4.75. The van der Waals surface area contributed by atoms with Gasteiger partial charge in [-0.15, -0.1) is 11.3 Å². The molecule has 1 aliphatic carbocycles. The Hall–Kier alpha value is -9.16. The number of ether oxygens (including phenoxy) is 1. The Morgan fingerprint density at radius 2 is 0.903 bits per heavy atom. The monoisotopic (exact) mass is 938 g/mol. The van der Waals surface area contributed by atoms with Crippen molar-refractivity contribution in [3.63, 3.8) is 0 Å². The number of benzene rings is 11. The number of fused-ring (bicyclic) bond motifs is 15. The van der Waals surface area contributed by atoms with Crippen LogP contribution in [0.1, 0.15) is 22.3 Å². The van der Waals surface area contributed by atoms with Crippen molar-refractivity contribution in [3.05, 3.63) is 277 Å². The van der Waals surface area contributed by atoms with Gasteiger partial charge in [0.1, 0.15) is 22.7 Å². The lowest BCUT2D eigenvalue weighted by Crippen LogP contribution is -2.32. The SMILES string of the molecule is c1ccc(-c2ccc(N(c3ccccc3)c3ccc4c(c3)C3(c5cc6c(cc5O4)sc4ccc(N(c5ccccc5)c5ccccc5)cc46)c4ccccc4-c4ccccc43)c3c2oc2ccccc23)cc1. The van der Waals surface area contributed by atoms with E-state index in [1.54, 1.807) is 0 Å². The molecule has 0 saturated heterocycles. The Bertz CT molecular complexity index is 4170. The first-order valence-corrected chi connectivity index (χ1v) is 25.3. The molecule has 72 heavy (non-hydrogen) atoms. The molecular formula is C67H42N2O2S. The van der Waals surface area contributed by atoms with Crippen LogP contribution in [0.4, 0.5) is 34.1 Å². The van der Waals surface area contributed by atoms with Gasteiger partial charge in [-0.3, -0.25) is 0 Å². The molecule has 3 heterocycles. The van der Waals surface area contributed by atoms with E-state index >= 15 is 0 Å². The summed E-state index contributed by atoms with van der Waals surface area (Å²) >= 11 is 1.82. The molecule has 5 heteroatoms. The van der Waals surface area contributed by atoms with E-state index in [2.05, 4.69) is 265 Å². The minimum atomic E-state index is -0.719. The van der Waals surface area contributed by atoms with Crippen LogP contribution < -0.4 is 14.5 Å². The first-order chi connectivity index (χ1) is 35.7. The van der Waals surface area contributed by atoms with Crippen LogP contribution in [0, 0.1) is 0 Å². The summed E-state index contributed by atoms with van der Waals surface area (Å²) in [5.41, 5.74) is 16.7. The van der Waals surface area contributed by atoms with Crippen LogP contribution in [0.2, 0.25) is 0 Å². The zero-order valence-corrected chi connectivity index (χ0v) is 39.7. The molecule has 1 aliphatic heterocycles. The maximum absolute atomic E-state index is 7.27. The second-order valence-corrected chi connectivity index (χ2v) is 19.8. The molecule has 0 bridgehead atoms. The molecule has 13 aromatic rings. The lowest BCUT2D eigenvalue weighted by molar-refractivity contribution is 0.437. The summed E-state index contributed by atoms with van der Waals surface area (Å²) in [6, 6.07) is 92.0. The van der Waals surface area contributed by atoms with E-state index in [4.69, 9.17) is 9.15 Å². The number of thiophene rings is 1. The van der Waals surface area contributed by atoms with Gasteiger partial charge in [-0.05, 0) is 131 Å². The highest BCUT2D eigenvalue weighted by Gasteiger charge is 2.51. The molecule has 1 spiro atoms. The maximum atomic E-state index is 7.27. The first kappa shape index (κ1) is 40.7. The van der Waals surface area contributed by atoms with Crippen molar-refractivity contribution in [2.45, 2.75) is 5.41 Å². The summed E-state index contributed by atoms with van der Waals surface area (Å²) in [5, 5.41) is 4.55. The lowest BCUT2D eigenvalue weighted by atomic mass is 9.66. The summed E-state index contributed by atoms with van der Waals surface area (Å²) < 4.78 is 16.5. The van der Waals surface area contributed by atoms with Gasteiger partial charge in [0.15, 0.2) is 0 Å². The molecular weight excluding hydrogens is 897 g/mol. The molecule has 0 fully saturated rings. The quantitative estimate of drug-likeness (QED) is 0.159. The molecule has 11 aromatic carbocycles. The number of hydrogen-bond donors (Lipinski definition) is 0. The number of furan rings is 1. The van der Waals surface area contributed by atoms with Crippen molar-refractivity contribution in [2.75, 3.05) is 9.80 Å². The molecule has 4 nitrogen and oxygen atoms in total. The molecule has 338 valence electrons. The van der Waals surface area contributed by atoms with Crippen LogP contribution in [0.25, 0.3) is 64.4 Å². The minimum Gasteiger partial charge on any atom is -0.457 e. The molecule has 0 atom stereocenters. The van der Waals surface area contributed by atoms with Gasteiger partial charge < -0.3 is 19.0 Å². The van der Waals surface area contributed by atoms with Gasteiger partial charge in [0.25, 0.3) is 0 Å². The molecule has 15 rings (SSSR count). The Labute approximate surface area is 420 Å². The molecule has 0 N–H and O–H groups in total. The standard InChI is InChI=1S/C67H42N2O2S/c1-5-19-43(20-6-1)49-35-36-59(65-52-29-15-18-32-60(52)71-66(49)65)69(46-25-11-4-12-26-46)48-33-37-61-57(40-48)67(55-30-16-13-27-50(55)51-28-14-17-31-56(51)67)58-41-54-53-39-47(34-38-63(53)72-64(54)42-62(58)70-61)68(44-21-7-2-8-22-44)45-23-9-3-10-24-45/h1-42H. The van der Waals surface area contributed by atoms with Crippen LogP contribution in [-0.4, -0.2) is 0 Å². The second kappa shape index (κ2) is 15.9. The Kier molecular flexibility index (Phi) is 9.01. The fourth-order valence-electron chi connectivity index (χ4n) is 11.9. The highest BCUT2D eigenvalue weighted by atomic mass is 32.1. The predicted octanol–water partition coefficient (Wildman–Crippen LogP) is 19.0. The summed E-state index contributed by atoms with van der Waals surface area (Å²) in [6.07, 6.45) is 0. The van der Waals surface area contributed by atoms with Crippen LogP contribution in [0.15, 0.2) is 259 Å². The van der Waals surface area contributed by atoms with Gasteiger partial charge in [0, 0.05) is 70.7 Å². The molecule has 0 amide bonds. The fraction of sp³-hybridized carbons (Fsp3) is 0.0149. The third-order valence-electron chi connectivity index (χ3n) is 14.9. The van der Waals surface area contributed by atoms with Gasteiger partial charge in [-0.25, -0.2) is 0 Å². The van der Waals surface area contributed by atoms with Crippen molar-refractivity contribution in [3.8, 4) is 33.8 Å². The Balaban J connectivity index is 0.986. The summed E-state index contributed by atoms with van der Waals surface area (Å²) in [7, 11) is 0. The van der Waals surface area contributed by atoms with E-state index in [1.165, 1.54) is 42.4 Å². The topological polar surface area (TPSA) is 28.9 Å². The van der Waals surface area contributed by atoms with Crippen LogP contribution in [-0.2, 0) is 5.41 Å². The Morgan fingerprint density at radius 1 is 0.347 bits per heavy atom. The third kappa shape index (κ3) is 5.98. The zero-order valence-electron chi connectivity index (χ0n) is 38.9. The summed E-state index contributed by atoms with van der Waals surface area (Å²) in [6.45, 7) is 0. The summed E-state index contributed by atoms with van der Waals surface area (Å²) in [5.74, 6) is 1.72. The Morgan fingerprint density at radius 3 is 1.60 bits per heavy atom. The molecule has 0 saturated carbocycles. The van der Waals surface area contributed by atoms with E-state index in [-0.39, 0.29) is 0 Å². The van der Waals surface area contributed by atoms with E-state index in [9.17, 15) is 0 Å². The van der Waals surface area contributed by atoms with Gasteiger partial charge in [0.05, 0.1) is 16.5 Å². The first-order valence-electron chi connectivity index (χ1n) is 24.5. The van der Waals surface area contributed by atoms with Crippen LogP contribution in [0.5, 0.6) is 11.5 Å². The number of hydrogen-bond acceptors (Lipinski definition) is 5. The highest BCUT2D eigenvalue weighted by Crippen LogP contribution is 2.64. The molecule has 0 unspecified atom stereocenters. The van der Waals surface area contributed by atoms with Crippen molar-refractivity contribution in [1.29, 1.82) is 0 Å². The van der Waals surface area contributed by atoms with E-state index in [1.807, 2.05) is 11.3 Å².